The average Bonchev–Trinajstić information content (AvgIpc) is 2.70. The third-order valence-corrected chi connectivity index (χ3v) is 4.03. The maximum absolute atomic E-state index is 6.27. The van der Waals surface area contributed by atoms with E-state index >= 15 is 0 Å². The molecule has 3 aromatic rings. The fourth-order valence-electron chi connectivity index (χ4n) is 2.01. The number of benzene rings is 1. The molecule has 19 heavy (non-hydrogen) atoms. The Morgan fingerprint density at radius 3 is 2.95 bits per heavy atom. The van der Waals surface area contributed by atoms with Gasteiger partial charge in [-0.05, 0) is 49.0 Å². The summed E-state index contributed by atoms with van der Waals surface area (Å²) in [5.41, 5.74) is 3.62. The van der Waals surface area contributed by atoms with Gasteiger partial charge in [-0.1, -0.05) is 27.5 Å². The number of imidazole rings is 1. The molecule has 0 saturated heterocycles. The number of hydrogen-bond donors (Lipinski definition) is 1. The molecule has 1 N–H and O–H groups in total. The molecule has 0 bridgehead atoms. The summed E-state index contributed by atoms with van der Waals surface area (Å²) < 4.78 is 3.37. The van der Waals surface area contributed by atoms with E-state index in [1.807, 2.05) is 35.8 Å². The molecule has 3 rings (SSSR count). The topological polar surface area (TPSA) is 33.6 Å². The minimum Gasteiger partial charge on any atom is -0.329 e. The Bertz CT molecular complexity index is 838. The van der Waals surface area contributed by atoms with Crippen LogP contribution in [0.1, 0.15) is 5.56 Å². The van der Waals surface area contributed by atoms with Crippen molar-refractivity contribution in [3.05, 3.63) is 50.3 Å². The van der Waals surface area contributed by atoms with E-state index in [1.54, 1.807) is 6.20 Å². The summed E-state index contributed by atoms with van der Waals surface area (Å²) in [6, 6.07) is 7.59. The van der Waals surface area contributed by atoms with Gasteiger partial charge in [0.1, 0.15) is 0 Å². The summed E-state index contributed by atoms with van der Waals surface area (Å²) in [6.45, 7) is 2.02. The fourth-order valence-corrected chi connectivity index (χ4v) is 2.85. The van der Waals surface area contributed by atoms with Gasteiger partial charge in [0, 0.05) is 10.7 Å². The van der Waals surface area contributed by atoms with Crippen molar-refractivity contribution in [2.24, 2.45) is 0 Å². The molecule has 0 spiro atoms. The van der Waals surface area contributed by atoms with Crippen LogP contribution in [-0.2, 0) is 0 Å². The van der Waals surface area contributed by atoms with Crippen LogP contribution in [0.2, 0.25) is 5.02 Å². The molecule has 1 aromatic carbocycles. The first-order chi connectivity index (χ1) is 9.08. The zero-order chi connectivity index (χ0) is 13.6. The van der Waals surface area contributed by atoms with Crippen LogP contribution in [0, 0.1) is 11.7 Å². The Labute approximate surface area is 128 Å². The van der Waals surface area contributed by atoms with E-state index in [9.17, 15) is 0 Å². The van der Waals surface area contributed by atoms with Crippen molar-refractivity contribution in [3.63, 3.8) is 0 Å². The van der Waals surface area contributed by atoms with Crippen LogP contribution in [-0.4, -0.2) is 14.5 Å². The highest BCUT2D eigenvalue weighted by atomic mass is 79.9. The molecule has 6 heteroatoms. The van der Waals surface area contributed by atoms with Crippen molar-refractivity contribution in [1.29, 1.82) is 0 Å². The molecule has 0 aliphatic heterocycles. The van der Waals surface area contributed by atoms with Crippen LogP contribution in [0.25, 0.3) is 16.9 Å². The monoisotopic (exact) mass is 353 g/mol. The van der Waals surface area contributed by atoms with Gasteiger partial charge >= 0.3 is 0 Å². The lowest BCUT2D eigenvalue weighted by Gasteiger charge is -2.07. The summed E-state index contributed by atoms with van der Waals surface area (Å²) >= 11 is 15.1. The Hall–Kier alpha value is -1.17. The van der Waals surface area contributed by atoms with Gasteiger partial charge in [-0.25, -0.2) is 4.98 Å². The molecule has 3 nitrogen and oxygen atoms in total. The van der Waals surface area contributed by atoms with E-state index in [0.717, 1.165) is 26.9 Å². The number of pyridine rings is 1. The van der Waals surface area contributed by atoms with E-state index in [4.69, 9.17) is 23.8 Å². The van der Waals surface area contributed by atoms with E-state index < -0.39 is 0 Å². The second kappa shape index (κ2) is 4.74. The number of hydrogen-bond acceptors (Lipinski definition) is 2. The zero-order valence-corrected chi connectivity index (χ0v) is 13.1. The van der Waals surface area contributed by atoms with Crippen molar-refractivity contribution in [1.82, 2.24) is 14.5 Å². The van der Waals surface area contributed by atoms with Crippen molar-refractivity contribution in [2.75, 3.05) is 0 Å². The number of aromatic amines is 1. The van der Waals surface area contributed by atoms with E-state index in [0.29, 0.717) is 9.79 Å². The van der Waals surface area contributed by atoms with E-state index in [2.05, 4.69) is 25.9 Å². The maximum Gasteiger partial charge on any atom is 0.184 e. The highest BCUT2D eigenvalue weighted by Gasteiger charge is 2.12. The van der Waals surface area contributed by atoms with Crippen LogP contribution < -0.4 is 0 Å². The summed E-state index contributed by atoms with van der Waals surface area (Å²) in [5.74, 6) is 0. The molecular weight excluding hydrogens is 346 g/mol. The predicted molar refractivity (Wildman–Crippen MR) is 83.7 cm³/mol. The fraction of sp³-hybridized carbons (Fsp3) is 0.0769. The number of halogens is 2. The van der Waals surface area contributed by atoms with Crippen LogP contribution in [0.4, 0.5) is 0 Å². The number of nitrogens with zero attached hydrogens (tertiary/aromatic N) is 2. The first-order valence-corrected chi connectivity index (χ1v) is 7.17. The minimum atomic E-state index is 0.580. The third-order valence-electron chi connectivity index (χ3n) is 2.94. The lowest BCUT2D eigenvalue weighted by atomic mass is 10.2. The number of nitrogens with one attached hydrogen (secondary N) is 1. The van der Waals surface area contributed by atoms with Gasteiger partial charge in [0.25, 0.3) is 0 Å². The van der Waals surface area contributed by atoms with Crippen molar-refractivity contribution in [3.8, 4) is 5.69 Å². The second-order valence-electron chi connectivity index (χ2n) is 4.19. The predicted octanol–water partition coefficient (Wildman–Crippen LogP) is 4.81. The Morgan fingerprint density at radius 1 is 1.37 bits per heavy atom. The van der Waals surface area contributed by atoms with Gasteiger partial charge in [0.15, 0.2) is 10.4 Å². The molecule has 0 aliphatic rings. The summed E-state index contributed by atoms with van der Waals surface area (Å²) in [7, 11) is 0. The van der Waals surface area contributed by atoms with Gasteiger partial charge in [-0.15, -0.1) is 0 Å². The molecule has 0 radical (unpaired) electrons. The van der Waals surface area contributed by atoms with Gasteiger partial charge < -0.3 is 4.98 Å². The minimum absolute atomic E-state index is 0.580. The lowest BCUT2D eigenvalue weighted by molar-refractivity contribution is 1.04. The smallest absolute Gasteiger partial charge is 0.184 e. The molecule has 0 amide bonds. The zero-order valence-electron chi connectivity index (χ0n) is 9.95. The molecular formula is C13H9BrClN3S. The Morgan fingerprint density at radius 2 is 2.16 bits per heavy atom. The van der Waals surface area contributed by atoms with Crippen LogP contribution in [0.3, 0.4) is 0 Å². The van der Waals surface area contributed by atoms with Crippen molar-refractivity contribution >= 4 is 50.9 Å². The van der Waals surface area contributed by atoms with Crippen LogP contribution in [0.5, 0.6) is 0 Å². The first-order valence-electron chi connectivity index (χ1n) is 5.59. The van der Waals surface area contributed by atoms with Gasteiger partial charge in [-0.2, -0.15) is 0 Å². The molecule has 2 heterocycles. The first kappa shape index (κ1) is 12.8. The third kappa shape index (κ3) is 2.12. The second-order valence-corrected chi connectivity index (χ2v) is 5.90. The summed E-state index contributed by atoms with van der Waals surface area (Å²) in [6.07, 6.45) is 1.77. The highest BCUT2D eigenvalue weighted by Crippen LogP contribution is 2.28. The molecule has 0 saturated carbocycles. The van der Waals surface area contributed by atoms with Gasteiger partial charge in [0.2, 0.25) is 0 Å². The van der Waals surface area contributed by atoms with Crippen LogP contribution >= 0.6 is 39.7 Å². The summed E-state index contributed by atoms with van der Waals surface area (Å²) in [4.78, 5) is 7.58. The molecule has 0 aliphatic carbocycles. The quantitative estimate of drug-likeness (QED) is 0.636. The summed E-state index contributed by atoms with van der Waals surface area (Å²) in [5, 5.41) is 0.628. The number of aryl methyl sites for hydroxylation is 1. The SMILES string of the molecule is Cc1ccnc2c1[nH]c(=S)n2-c1cc(Br)ccc1Cl. The standard InChI is InChI=1S/C13H9BrClN3S/c1-7-4-5-16-12-11(7)17-13(19)18(12)10-6-8(14)2-3-9(10)15/h2-6H,1H3,(H,17,19). The van der Waals surface area contributed by atoms with Crippen molar-refractivity contribution < 1.29 is 0 Å². The van der Waals surface area contributed by atoms with Gasteiger partial charge in [-0.3, -0.25) is 4.57 Å². The van der Waals surface area contributed by atoms with Crippen LogP contribution in [0.15, 0.2) is 34.9 Å². The highest BCUT2D eigenvalue weighted by molar-refractivity contribution is 9.10. The Balaban J connectivity index is 2.43. The largest absolute Gasteiger partial charge is 0.329 e. The molecule has 96 valence electrons. The Kier molecular flexibility index (Phi) is 3.20. The van der Waals surface area contributed by atoms with Crippen molar-refractivity contribution in [2.45, 2.75) is 6.92 Å². The molecule has 0 atom stereocenters. The maximum atomic E-state index is 6.27. The molecule has 2 aromatic heterocycles. The number of rotatable bonds is 1. The molecule has 0 unspecified atom stereocenters. The lowest BCUT2D eigenvalue weighted by Crippen LogP contribution is -1.96. The normalized spacial score (nSPS) is 11.1. The number of H-pyrrole nitrogens is 1. The van der Waals surface area contributed by atoms with Gasteiger partial charge in [0.05, 0.1) is 16.2 Å². The van der Waals surface area contributed by atoms with E-state index in [1.165, 1.54) is 0 Å². The molecule has 0 fully saturated rings. The average molecular weight is 355 g/mol. The number of fused-ring (bicyclic) bond motifs is 1. The number of aromatic nitrogens is 3. The van der Waals surface area contributed by atoms with E-state index in [-0.39, 0.29) is 0 Å².